The molecule has 1 aliphatic rings. The zero-order valence-corrected chi connectivity index (χ0v) is 33.2. The molecule has 296 valence electrons. The van der Waals surface area contributed by atoms with Crippen LogP contribution in [0.25, 0.3) is 11.3 Å². The molecule has 0 saturated carbocycles. The van der Waals surface area contributed by atoms with Crippen LogP contribution in [-0.4, -0.2) is 100.0 Å². The summed E-state index contributed by atoms with van der Waals surface area (Å²) in [5, 5.41) is 31.5. The van der Waals surface area contributed by atoms with Crippen molar-refractivity contribution in [3.05, 3.63) is 46.3 Å². The maximum atomic E-state index is 14.0. The molecule has 3 atom stereocenters. The molecule has 0 radical (unpaired) electrons. The topological polar surface area (TPSA) is 331 Å². The molecule has 1 aliphatic heterocycles. The lowest BCUT2D eigenvalue weighted by molar-refractivity contribution is -0.671. The number of aliphatic imine (C=N–C) groups is 1. The first kappa shape index (κ1) is 43.1. The summed E-state index contributed by atoms with van der Waals surface area (Å²) in [5.74, 6) is -6.40. The van der Waals surface area contributed by atoms with Crippen LogP contribution in [0.2, 0.25) is 0 Å². The Labute approximate surface area is 329 Å². The van der Waals surface area contributed by atoms with Crippen molar-refractivity contribution in [3.63, 3.8) is 0 Å². The molecule has 3 aromatic rings. The van der Waals surface area contributed by atoms with Crippen molar-refractivity contribution in [3.8, 4) is 11.3 Å². The second kappa shape index (κ2) is 19.8. The standard InChI is InChI=1S/C29H36N11O10PS4/c1-3-50-37-20(22-36-28(55-39-22)38-51(47,48)49)18(41)11-15(23(42)33-16(25(43)44)5-4-8-32-27(30)31)24-35-21(26(45)46)19(13-52-24)54-29-34-17(12-53-29)14-6-9-40(2)10-7-14/h6-7,9-10,12,15-16,24,35H,3-5,8,11,13H2,1-2H3,(H9-,30,31,32,33,36,38,39,42,43,44,45,46,47,48,49)/p+1/b37-20+/t15-,16?,24-/m1/s1. The van der Waals surface area contributed by atoms with E-state index in [4.69, 9.17) is 16.3 Å². The predicted octanol–water partition coefficient (Wildman–Crippen LogP) is 0.681. The van der Waals surface area contributed by atoms with E-state index in [1.165, 1.54) is 11.3 Å². The Hall–Kier alpha value is -4.65. The number of carbonyl (C=O) groups is 4. The Balaban J connectivity index is 1.64. The molecule has 0 bridgehead atoms. The number of thioether (sulfide) groups is 2. The highest BCUT2D eigenvalue weighted by Crippen LogP contribution is 2.40. The smallest absolute Gasteiger partial charge is 0.429 e. The lowest BCUT2D eigenvalue weighted by atomic mass is 9.97. The van der Waals surface area contributed by atoms with Gasteiger partial charge < -0.3 is 46.9 Å². The third-order valence-electron chi connectivity index (χ3n) is 7.24. The minimum Gasteiger partial charge on any atom is -0.480 e. The minimum absolute atomic E-state index is 0.00349. The number of aryl methyl sites for hydroxylation is 1. The number of amides is 1. The first-order valence-corrected chi connectivity index (χ1v) is 21.1. The molecule has 0 aliphatic carbocycles. The average Bonchev–Trinajstić information content (AvgIpc) is 3.77. The molecule has 0 saturated heterocycles. The third kappa shape index (κ3) is 13.0. The molecule has 21 nitrogen and oxygen atoms in total. The Morgan fingerprint density at radius 2 is 1.93 bits per heavy atom. The maximum absolute atomic E-state index is 14.0. The number of carbonyl (C=O) groups excluding carboxylic acids is 2. The minimum atomic E-state index is -4.78. The molecular weight excluding hydrogens is 822 g/mol. The summed E-state index contributed by atoms with van der Waals surface area (Å²) in [4.78, 5) is 89.0. The zero-order chi connectivity index (χ0) is 40.3. The van der Waals surface area contributed by atoms with E-state index in [0.717, 1.165) is 29.1 Å². The van der Waals surface area contributed by atoms with Crippen molar-refractivity contribution in [1.29, 1.82) is 0 Å². The summed E-state index contributed by atoms with van der Waals surface area (Å²) >= 11 is 4.08. The molecule has 0 fully saturated rings. The number of guanidine groups is 1. The van der Waals surface area contributed by atoms with Crippen molar-refractivity contribution in [2.45, 2.75) is 41.9 Å². The van der Waals surface area contributed by atoms with Crippen LogP contribution in [0.15, 0.2) is 55.0 Å². The first-order chi connectivity index (χ1) is 26.0. The number of anilines is 1. The molecule has 55 heavy (non-hydrogen) atoms. The van der Waals surface area contributed by atoms with Crippen molar-refractivity contribution >= 4 is 94.6 Å². The fourth-order valence-electron chi connectivity index (χ4n) is 4.70. The number of nitrogens with one attached hydrogen (secondary N) is 3. The number of carboxylic acids is 2. The quantitative estimate of drug-likeness (QED) is 0.0188. The number of Topliss-reactive ketones (excluding diaryl/α,β-unsaturated/α-hetero) is 1. The molecule has 0 spiro atoms. The van der Waals surface area contributed by atoms with Crippen LogP contribution in [0, 0.1) is 5.92 Å². The Morgan fingerprint density at radius 1 is 1.20 bits per heavy atom. The van der Waals surface area contributed by atoms with E-state index in [0.29, 0.717) is 26.5 Å². The van der Waals surface area contributed by atoms with Gasteiger partial charge >= 0.3 is 19.7 Å². The number of carboxylic acid groups (broad SMARTS) is 2. The van der Waals surface area contributed by atoms with E-state index >= 15 is 0 Å². The first-order valence-electron chi connectivity index (χ1n) is 16.0. The number of hydrogen-bond acceptors (Lipinski definition) is 16. The number of aliphatic carboxylic acids is 2. The molecular formula is C29H37N11O10PS4+. The molecule has 3 aromatic heterocycles. The number of oxime groups is 1. The van der Waals surface area contributed by atoms with Gasteiger partial charge in [0.15, 0.2) is 34.2 Å². The van der Waals surface area contributed by atoms with Crippen molar-refractivity contribution in [1.82, 2.24) is 25.0 Å². The number of hydrogen-bond donors (Lipinski definition) is 9. The Morgan fingerprint density at radius 3 is 2.56 bits per heavy atom. The van der Waals surface area contributed by atoms with Crippen LogP contribution in [0.3, 0.4) is 0 Å². The molecule has 0 aromatic carbocycles. The van der Waals surface area contributed by atoms with Crippen molar-refractivity contribution in [2.75, 3.05) is 24.0 Å². The second-order valence-electron chi connectivity index (χ2n) is 11.4. The molecule has 11 N–H and O–H groups in total. The van der Waals surface area contributed by atoms with Crippen molar-refractivity contribution < 1.29 is 53.1 Å². The van der Waals surface area contributed by atoms with Gasteiger partial charge in [0.1, 0.15) is 25.4 Å². The van der Waals surface area contributed by atoms with E-state index in [9.17, 15) is 43.7 Å². The normalized spacial score (nSPS) is 15.7. The molecule has 4 heterocycles. The highest BCUT2D eigenvalue weighted by molar-refractivity contribution is 8.07. The summed E-state index contributed by atoms with van der Waals surface area (Å²) in [6.45, 7) is 1.65. The van der Waals surface area contributed by atoms with Crippen LogP contribution < -0.4 is 31.8 Å². The van der Waals surface area contributed by atoms with Crippen molar-refractivity contribution in [2.24, 2.45) is 34.6 Å². The SMILES string of the molecule is CCO/N=C(\C(=O)C[C@H](C(=O)NC(CCCN=C(N)N)C(=O)O)[C@@H]1NC(C(=O)O)=C(Sc2nc(-c3cc[n+](C)cc3)cs2)CS1)c1nsc(NP(=O)(O)O)n1. The van der Waals surface area contributed by atoms with Crippen LogP contribution in [-0.2, 0) is 35.6 Å². The largest absolute Gasteiger partial charge is 0.480 e. The van der Waals surface area contributed by atoms with Crippen LogP contribution in [0.4, 0.5) is 5.13 Å². The lowest BCUT2D eigenvalue weighted by Crippen LogP contribution is -2.51. The maximum Gasteiger partial charge on any atom is 0.429 e. The Kier molecular flexibility index (Phi) is 15.5. The molecule has 1 amide bonds. The third-order valence-corrected chi connectivity index (χ3v) is 12.0. The molecule has 26 heteroatoms. The highest BCUT2D eigenvalue weighted by atomic mass is 32.2. The summed E-state index contributed by atoms with van der Waals surface area (Å²) in [6.07, 6.45) is 3.16. The van der Waals surface area contributed by atoms with Gasteiger partial charge in [-0.05, 0) is 19.8 Å². The van der Waals surface area contributed by atoms with Gasteiger partial charge in [0.2, 0.25) is 16.9 Å². The van der Waals surface area contributed by atoms with Crippen LogP contribution in [0.5, 0.6) is 0 Å². The number of aromatic nitrogens is 4. The van der Waals surface area contributed by atoms with Gasteiger partial charge in [0.05, 0.1) is 17.0 Å². The number of nitrogens with two attached hydrogens (primary N) is 2. The number of rotatable bonds is 20. The van der Waals surface area contributed by atoms with Gasteiger partial charge in [0, 0.05) is 58.2 Å². The fraction of sp³-hybridized carbons (Fsp3) is 0.379. The summed E-state index contributed by atoms with van der Waals surface area (Å²) in [5.41, 5.74) is 11.5. The molecule has 1 unspecified atom stereocenters. The predicted molar refractivity (Wildman–Crippen MR) is 205 cm³/mol. The van der Waals surface area contributed by atoms with E-state index in [1.54, 1.807) is 6.92 Å². The fourth-order valence-corrected chi connectivity index (χ4v) is 9.31. The lowest BCUT2D eigenvalue weighted by Gasteiger charge is -2.32. The second-order valence-corrected chi connectivity index (χ2v) is 16.7. The van der Waals surface area contributed by atoms with E-state index in [-0.39, 0.29) is 54.4 Å². The van der Waals surface area contributed by atoms with Gasteiger partial charge in [0.25, 0.3) is 0 Å². The van der Waals surface area contributed by atoms with Crippen LogP contribution >= 0.6 is 54.1 Å². The van der Waals surface area contributed by atoms with Gasteiger partial charge in [-0.2, -0.15) is 9.36 Å². The number of thiazole rings is 1. The van der Waals surface area contributed by atoms with Crippen LogP contribution in [0.1, 0.15) is 32.0 Å². The number of ketones is 1. The Bertz CT molecular complexity index is 2010. The van der Waals surface area contributed by atoms with E-state index < -0.39 is 60.8 Å². The highest BCUT2D eigenvalue weighted by Gasteiger charge is 2.39. The van der Waals surface area contributed by atoms with Gasteiger partial charge in [-0.15, -0.1) is 23.1 Å². The summed E-state index contributed by atoms with van der Waals surface area (Å²) in [7, 11) is -2.90. The van der Waals surface area contributed by atoms with Gasteiger partial charge in [-0.25, -0.2) is 23.7 Å². The van der Waals surface area contributed by atoms with E-state index in [1.807, 2.05) is 46.6 Å². The summed E-state index contributed by atoms with van der Waals surface area (Å²) < 4.78 is 17.8. The summed E-state index contributed by atoms with van der Waals surface area (Å²) in [6, 6.07) is 2.36. The van der Waals surface area contributed by atoms with Gasteiger partial charge in [-0.3, -0.25) is 19.7 Å². The number of nitrogens with zero attached hydrogens (tertiary/aromatic N) is 6. The monoisotopic (exact) mass is 858 g/mol. The number of pyridine rings is 1. The average molecular weight is 859 g/mol. The zero-order valence-electron chi connectivity index (χ0n) is 29.0. The van der Waals surface area contributed by atoms with E-state index in [2.05, 4.69) is 35.1 Å². The van der Waals surface area contributed by atoms with Gasteiger partial charge in [-0.1, -0.05) is 16.9 Å². The molecule has 4 rings (SSSR count).